The van der Waals surface area contributed by atoms with Gasteiger partial charge >= 0.3 is 0 Å². The molecule has 21 heavy (non-hydrogen) atoms. The first-order valence-electron chi connectivity index (χ1n) is 7.66. The summed E-state index contributed by atoms with van der Waals surface area (Å²) in [5.74, 6) is 0.241. The van der Waals surface area contributed by atoms with Crippen molar-refractivity contribution in [3.8, 4) is 0 Å². The summed E-state index contributed by atoms with van der Waals surface area (Å²) >= 11 is 0. The van der Waals surface area contributed by atoms with Crippen LogP contribution in [0.5, 0.6) is 0 Å². The lowest BCUT2D eigenvalue weighted by atomic mass is 10.0. The highest BCUT2D eigenvalue weighted by molar-refractivity contribution is 5.80. The minimum Gasteiger partial charge on any atom is -0.409 e. The summed E-state index contributed by atoms with van der Waals surface area (Å²) in [5.41, 5.74) is 6.81. The van der Waals surface area contributed by atoms with Crippen molar-refractivity contribution in [3.63, 3.8) is 0 Å². The average molecular weight is 291 g/mol. The van der Waals surface area contributed by atoms with Gasteiger partial charge in [0.15, 0.2) is 0 Å². The fourth-order valence-corrected chi connectivity index (χ4v) is 2.70. The zero-order valence-electron chi connectivity index (χ0n) is 12.4. The Bertz CT molecular complexity index is 430. The molecular formula is C16H25N3O2. The quantitative estimate of drug-likeness (QED) is 0.312. The summed E-state index contributed by atoms with van der Waals surface area (Å²) in [6, 6.07) is 10.2. The van der Waals surface area contributed by atoms with Crippen molar-refractivity contribution in [1.82, 2.24) is 5.32 Å². The van der Waals surface area contributed by atoms with Gasteiger partial charge in [0, 0.05) is 19.1 Å². The molecule has 2 rings (SSSR count). The van der Waals surface area contributed by atoms with E-state index in [0.29, 0.717) is 12.5 Å². The number of nitrogens with one attached hydrogen (secondary N) is 1. The van der Waals surface area contributed by atoms with Crippen LogP contribution in [0.15, 0.2) is 35.5 Å². The molecule has 5 heteroatoms. The van der Waals surface area contributed by atoms with E-state index >= 15 is 0 Å². The van der Waals surface area contributed by atoms with Crippen LogP contribution < -0.4 is 11.1 Å². The van der Waals surface area contributed by atoms with Crippen LogP contribution in [0.1, 0.15) is 43.7 Å². The Hall–Kier alpha value is -1.59. The largest absolute Gasteiger partial charge is 0.409 e. The second-order valence-corrected chi connectivity index (χ2v) is 5.49. The molecule has 4 N–H and O–H groups in total. The van der Waals surface area contributed by atoms with Gasteiger partial charge in [-0.2, -0.15) is 0 Å². The van der Waals surface area contributed by atoms with Gasteiger partial charge in [-0.05, 0) is 37.8 Å². The van der Waals surface area contributed by atoms with Gasteiger partial charge in [0.25, 0.3) is 0 Å². The van der Waals surface area contributed by atoms with E-state index in [0.717, 1.165) is 31.6 Å². The maximum atomic E-state index is 8.78. The Morgan fingerprint density at radius 3 is 2.86 bits per heavy atom. The van der Waals surface area contributed by atoms with Gasteiger partial charge in [-0.1, -0.05) is 35.5 Å². The minimum atomic E-state index is 0.0608. The predicted octanol–water partition coefficient (Wildman–Crippen LogP) is 2.41. The third kappa shape index (κ3) is 5.36. The molecule has 0 saturated carbocycles. The van der Waals surface area contributed by atoms with E-state index in [-0.39, 0.29) is 11.9 Å². The number of nitrogens with zero attached hydrogens (tertiary/aromatic N) is 1. The van der Waals surface area contributed by atoms with Crippen molar-refractivity contribution in [1.29, 1.82) is 0 Å². The SMILES string of the molecule is N/C(CC(NCCC1CCCCO1)c1ccccc1)=N/O. The maximum absolute atomic E-state index is 8.78. The smallest absolute Gasteiger partial charge is 0.141 e. The van der Waals surface area contributed by atoms with Crippen LogP contribution in [0.4, 0.5) is 0 Å². The molecule has 0 aliphatic carbocycles. The Labute approximate surface area is 126 Å². The standard InChI is InChI=1S/C16H25N3O2/c17-16(19-20)12-15(13-6-2-1-3-7-13)18-10-9-14-8-4-5-11-21-14/h1-3,6-7,14-15,18,20H,4-5,8-12H2,(H2,17,19). The molecule has 1 heterocycles. The van der Waals surface area contributed by atoms with Gasteiger partial charge < -0.3 is 21.0 Å². The lowest BCUT2D eigenvalue weighted by Gasteiger charge is -2.24. The molecule has 1 saturated heterocycles. The monoisotopic (exact) mass is 291 g/mol. The highest BCUT2D eigenvalue weighted by atomic mass is 16.5. The van der Waals surface area contributed by atoms with E-state index < -0.39 is 0 Å². The summed E-state index contributed by atoms with van der Waals surface area (Å²) in [6.45, 7) is 1.75. The van der Waals surface area contributed by atoms with Gasteiger partial charge in [-0.25, -0.2) is 0 Å². The molecule has 1 aromatic rings. The first-order valence-corrected chi connectivity index (χ1v) is 7.66. The third-order valence-corrected chi connectivity index (χ3v) is 3.87. The van der Waals surface area contributed by atoms with Gasteiger partial charge in [-0.3, -0.25) is 0 Å². The zero-order valence-corrected chi connectivity index (χ0v) is 12.4. The topological polar surface area (TPSA) is 79.9 Å². The number of rotatable bonds is 7. The molecule has 2 atom stereocenters. The van der Waals surface area contributed by atoms with Crippen LogP contribution in [-0.4, -0.2) is 30.3 Å². The lowest BCUT2D eigenvalue weighted by Crippen LogP contribution is -2.30. The second-order valence-electron chi connectivity index (χ2n) is 5.49. The van der Waals surface area contributed by atoms with Crippen LogP contribution in [0.2, 0.25) is 0 Å². The van der Waals surface area contributed by atoms with E-state index in [2.05, 4.69) is 22.6 Å². The molecule has 0 radical (unpaired) electrons. The molecule has 116 valence electrons. The molecule has 0 bridgehead atoms. The second kappa shape index (κ2) is 8.64. The molecular weight excluding hydrogens is 266 g/mol. The Balaban J connectivity index is 1.86. The van der Waals surface area contributed by atoms with Gasteiger partial charge in [-0.15, -0.1) is 0 Å². The van der Waals surface area contributed by atoms with Crippen molar-refractivity contribution < 1.29 is 9.94 Å². The summed E-state index contributed by atoms with van der Waals surface area (Å²) in [6.07, 6.45) is 5.45. The van der Waals surface area contributed by atoms with Crippen LogP contribution >= 0.6 is 0 Å². The highest BCUT2D eigenvalue weighted by Crippen LogP contribution is 2.18. The molecule has 5 nitrogen and oxygen atoms in total. The van der Waals surface area contributed by atoms with Crippen LogP contribution in [0.25, 0.3) is 0 Å². The highest BCUT2D eigenvalue weighted by Gasteiger charge is 2.16. The number of amidine groups is 1. The first kappa shape index (κ1) is 15.8. The summed E-state index contributed by atoms with van der Waals surface area (Å²) in [7, 11) is 0. The van der Waals surface area contributed by atoms with E-state index in [1.165, 1.54) is 12.8 Å². The molecule has 0 aromatic heterocycles. The number of oxime groups is 1. The number of benzene rings is 1. The number of ether oxygens (including phenoxy) is 1. The van der Waals surface area contributed by atoms with Crippen molar-refractivity contribution >= 4 is 5.84 Å². The van der Waals surface area contributed by atoms with Gasteiger partial charge in [0.2, 0.25) is 0 Å². The van der Waals surface area contributed by atoms with Crippen LogP contribution in [-0.2, 0) is 4.74 Å². The fraction of sp³-hybridized carbons (Fsp3) is 0.562. The van der Waals surface area contributed by atoms with Crippen LogP contribution in [0, 0.1) is 0 Å². The van der Waals surface area contributed by atoms with Crippen LogP contribution in [0.3, 0.4) is 0 Å². The van der Waals surface area contributed by atoms with E-state index in [1.54, 1.807) is 0 Å². The third-order valence-electron chi connectivity index (χ3n) is 3.87. The van der Waals surface area contributed by atoms with E-state index in [1.807, 2.05) is 18.2 Å². The van der Waals surface area contributed by atoms with Crippen molar-refractivity contribution in [2.24, 2.45) is 10.9 Å². The lowest BCUT2D eigenvalue weighted by molar-refractivity contribution is 0.0112. The fourth-order valence-electron chi connectivity index (χ4n) is 2.70. The first-order chi connectivity index (χ1) is 10.3. The number of nitrogens with two attached hydrogens (primary N) is 1. The Morgan fingerprint density at radius 1 is 1.38 bits per heavy atom. The van der Waals surface area contributed by atoms with Crippen molar-refractivity contribution in [2.75, 3.05) is 13.2 Å². The molecule has 1 aliphatic heterocycles. The molecule has 0 spiro atoms. The summed E-state index contributed by atoms with van der Waals surface area (Å²) in [5, 5.41) is 15.4. The van der Waals surface area contributed by atoms with Gasteiger partial charge in [0.05, 0.1) is 6.10 Å². The number of hydrogen-bond acceptors (Lipinski definition) is 4. The van der Waals surface area contributed by atoms with Gasteiger partial charge in [0.1, 0.15) is 5.84 Å². The van der Waals surface area contributed by atoms with E-state index in [4.69, 9.17) is 15.7 Å². The molecule has 0 amide bonds. The van der Waals surface area contributed by atoms with E-state index in [9.17, 15) is 0 Å². The molecule has 1 aliphatic rings. The predicted molar refractivity (Wildman–Crippen MR) is 83.4 cm³/mol. The average Bonchev–Trinajstić information content (AvgIpc) is 2.55. The number of hydrogen-bond donors (Lipinski definition) is 3. The minimum absolute atomic E-state index is 0.0608. The molecule has 2 unspecified atom stereocenters. The Kier molecular flexibility index (Phi) is 6.50. The summed E-state index contributed by atoms with van der Waals surface area (Å²) < 4.78 is 5.74. The molecule has 1 aromatic carbocycles. The Morgan fingerprint density at radius 2 is 2.19 bits per heavy atom. The normalized spacial score (nSPS) is 21.1. The van der Waals surface area contributed by atoms with Crippen molar-refractivity contribution in [2.45, 2.75) is 44.2 Å². The maximum Gasteiger partial charge on any atom is 0.141 e. The zero-order chi connectivity index (χ0) is 14.9. The summed E-state index contributed by atoms with van der Waals surface area (Å²) in [4.78, 5) is 0. The molecule has 1 fully saturated rings. The van der Waals surface area contributed by atoms with Crippen molar-refractivity contribution in [3.05, 3.63) is 35.9 Å².